The van der Waals surface area contributed by atoms with Gasteiger partial charge < -0.3 is 5.11 Å². The molecule has 0 aliphatic carbocycles. The third kappa shape index (κ3) is 15.8. The second-order valence-electron chi connectivity index (χ2n) is 5.11. The van der Waals surface area contributed by atoms with E-state index < -0.39 is 5.97 Å². The van der Waals surface area contributed by atoms with Crippen LogP contribution < -0.4 is 0 Å². The Kier molecular flexibility index (Phi) is 14.7. The second-order valence-corrected chi connectivity index (χ2v) is 5.56. The molecule has 0 saturated heterocycles. The lowest BCUT2D eigenvalue weighted by molar-refractivity contribution is -0.137. The van der Waals surface area contributed by atoms with Crippen molar-refractivity contribution in [3.63, 3.8) is 0 Å². The maximum Gasteiger partial charge on any atom is 0.303 e. The Bertz CT molecular complexity index is 183. The quantitative estimate of drug-likeness (QED) is 0.343. The summed E-state index contributed by atoms with van der Waals surface area (Å²) in [4.78, 5) is 10.3. The smallest absolute Gasteiger partial charge is 0.303 e. The van der Waals surface area contributed by atoms with Gasteiger partial charge in [0.25, 0.3) is 0 Å². The van der Waals surface area contributed by atoms with Crippen molar-refractivity contribution in [2.75, 3.05) is 5.75 Å². The third-order valence-electron chi connectivity index (χ3n) is 3.30. The van der Waals surface area contributed by atoms with Crippen LogP contribution in [0.4, 0.5) is 0 Å². The highest BCUT2D eigenvalue weighted by Crippen LogP contribution is 2.12. The molecule has 0 aliphatic rings. The molecular formula is C15H30O2S. The molecule has 1 N–H and O–H groups in total. The first kappa shape index (κ1) is 17.8. The van der Waals surface area contributed by atoms with Gasteiger partial charge in [-0.2, -0.15) is 12.6 Å². The summed E-state index contributed by atoms with van der Waals surface area (Å²) in [6.07, 6.45) is 15.5. The van der Waals surface area contributed by atoms with E-state index >= 15 is 0 Å². The van der Waals surface area contributed by atoms with Gasteiger partial charge in [0.2, 0.25) is 0 Å². The summed E-state index contributed by atoms with van der Waals surface area (Å²) in [5.41, 5.74) is 0. The van der Waals surface area contributed by atoms with E-state index in [1.807, 2.05) is 0 Å². The SMILES string of the molecule is O=C(O)CCCCCCCCCCCCCCS. The van der Waals surface area contributed by atoms with Crippen LogP contribution in [0.3, 0.4) is 0 Å². The molecule has 108 valence electrons. The summed E-state index contributed by atoms with van der Waals surface area (Å²) in [5.74, 6) is 0.370. The highest BCUT2D eigenvalue weighted by atomic mass is 32.1. The third-order valence-corrected chi connectivity index (χ3v) is 3.61. The highest BCUT2D eigenvalue weighted by molar-refractivity contribution is 7.80. The van der Waals surface area contributed by atoms with Crippen LogP contribution >= 0.6 is 12.6 Å². The predicted molar refractivity (Wildman–Crippen MR) is 81.5 cm³/mol. The molecule has 0 rings (SSSR count). The van der Waals surface area contributed by atoms with E-state index in [1.54, 1.807) is 0 Å². The molecule has 0 amide bonds. The standard InChI is InChI=1S/C15H30O2S/c16-15(17)13-11-9-7-5-3-1-2-4-6-8-10-12-14-18/h18H,1-14H2,(H,16,17). The lowest BCUT2D eigenvalue weighted by Gasteiger charge is -2.02. The average molecular weight is 274 g/mol. The van der Waals surface area contributed by atoms with Gasteiger partial charge in [0.1, 0.15) is 0 Å². The monoisotopic (exact) mass is 274 g/mol. The minimum atomic E-state index is -0.659. The number of carboxylic acid groups (broad SMARTS) is 1. The van der Waals surface area contributed by atoms with Gasteiger partial charge in [-0.1, -0.05) is 64.2 Å². The topological polar surface area (TPSA) is 37.3 Å². The summed E-state index contributed by atoms with van der Waals surface area (Å²) in [7, 11) is 0. The molecule has 3 heteroatoms. The van der Waals surface area contributed by atoms with Crippen LogP contribution in [-0.2, 0) is 4.79 Å². The zero-order valence-electron chi connectivity index (χ0n) is 11.7. The first-order valence-electron chi connectivity index (χ1n) is 7.60. The van der Waals surface area contributed by atoms with E-state index in [4.69, 9.17) is 5.11 Å². The average Bonchev–Trinajstić information content (AvgIpc) is 2.34. The van der Waals surface area contributed by atoms with Crippen molar-refractivity contribution < 1.29 is 9.90 Å². The Balaban J connectivity index is 2.92. The minimum absolute atomic E-state index is 0.340. The van der Waals surface area contributed by atoms with Crippen molar-refractivity contribution in [2.45, 2.75) is 83.5 Å². The van der Waals surface area contributed by atoms with Gasteiger partial charge in [0.15, 0.2) is 0 Å². The molecule has 0 aliphatic heterocycles. The van der Waals surface area contributed by atoms with E-state index in [2.05, 4.69) is 12.6 Å². The zero-order valence-corrected chi connectivity index (χ0v) is 12.6. The first-order valence-corrected chi connectivity index (χ1v) is 8.23. The molecule has 0 aromatic rings. The van der Waals surface area contributed by atoms with Gasteiger partial charge in [-0.25, -0.2) is 0 Å². The zero-order chi connectivity index (χ0) is 13.5. The normalized spacial score (nSPS) is 10.7. The number of thiol groups is 1. The Morgan fingerprint density at radius 2 is 1.00 bits per heavy atom. The molecule has 0 bridgehead atoms. The summed E-state index contributed by atoms with van der Waals surface area (Å²) < 4.78 is 0. The molecule has 0 unspecified atom stereocenters. The number of carbonyl (C=O) groups is 1. The van der Waals surface area contributed by atoms with Crippen LogP contribution in [0.1, 0.15) is 83.5 Å². The second kappa shape index (κ2) is 14.9. The van der Waals surface area contributed by atoms with E-state index in [0.717, 1.165) is 18.6 Å². The predicted octanol–water partition coefficient (Wildman–Crippen LogP) is 5.07. The van der Waals surface area contributed by atoms with E-state index in [0.29, 0.717) is 6.42 Å². The van der Waals surface area contributed by atoms with Crippen molar-refractivity contribution >= 4 is 18.6 Å². The number of unbranched alkanes of at least 4 members (excludes halogenated alkanes) is 11. The summed E-state index contributed by atoms with van der Waals surface area (Å²) in [6.45, 7) is 0. The summed E-state index contributed by atoms with van der Waals surface area (Å²) in [6, 6.07) is 0. The Morgan fingerprint density at radius 3 is 1.33 bits per heavy atom. The van der Waals surface area contributed by atoms with Crippen molar-refractivity contribution in [1.82, 2.24) is 0 Å². The van der Waals surface area contributed by atoms with Crippen LogP contribution in [0, 0.1) is 0 Å². The number of hydrogen-bond donors (Lipinski definition) is 2. The number of rotatable bonds is 14. The molecule has 0 aromatic carbocycles. The molecule has 0 radical (unpaired) electrons. The molecule has 0 atom stereocenters. The summed E-state index contributed by atoms with van der Waals surface area (Å²) >= 11 is 4.21. The van der Waals surface area contributed by atoms with Gasteiger partial charge in [0.05, 0.1) is 0 Å². The summed E-state index contributed by atoms with van der Waals surface area (Å²) in [5, 5.41) is 8.49. The molecule has 0 aromatic heterocycles. The van der Waals surface area contributed by atoms with Crippen LogP contribution in [0.2, 0.25) is 0 Å². The maximum absolute atomic E-state index is 10.3. The molecule has 0 spiro atoms. The number of aliphatic carboxylic acids is 1. The van der Waals surface area contributed by atoms with E-state index in [1.165, 1.54) is 64.2 Å². The highest BCUT2D eigenvalue weighted by Gasteiger charge is 1.96. The molecule has 0 saturated carbocycles. The molecule has 0 heterocycles. The van der Waals surface area contributed by atoms with Gasteiger partial charge in [-0.15, -0.1) is 0 Å². The maximum atomic E-state index is 10.3. The van der Waals surface area contributed by atoms with Crippen molar-refractivity contribution in [3.05, 3.63) is 0 Å². The molecule has 18 heavy (non-hydrogen) atoms. The fourth-order valence-electron chi connectivity index (χ4n) is 2.16. The van der Waals surface area contributed by atoms with Crippen LogP contribution in [0.25, 0.3) is 0 Å². The minimum Gasteiger partial charge on any atom is -0.481 e. The fourth-order valence-corrected chi connectivity index (χ4v) is 2.38. The van der Waals surface area contributed by atoms with Crippen LogP contribution in [0.15, 0.2) is 0 Å². The molecule has 2 nitrogen and oxygen atoms in total. The largest absolute Gasteiger partial charge is 0.481 e. The van der Waals surface area contributed by atoms with Crippen molar-refractivity contribution in [3.8, 4) is 0 Å². The van der Waals surface area contributed by atoms with E-state index in [9.17, 15) is 4.79 Å². The van der Waals surface area contributed by atoms with Gasteiger partial charge in [0, 0.05) is 6.42 Å². The molecular weight excluding hydrogens is 244 g/mol. The Hall–Kier alpha value is -0.180. The van der Waals surface area contributed by atoms with Crippen LogP contribution in [0.5, 0.6) is 0 Å². The lowest BCUT2D eigenvalue weighted by Crippen LogP contribution is -1.93. The lowest BCUT2D eigenvalue weighted by atomic mass is 10.0. The van der Waals surface area contributed by atoms with Gasteiger partial charge in [-0.3, -0.25) is 4.79 Å². The Labute approximate surface area is 118 Å². The number of hydrogen-bond acceptors (Lipinski definition) is 2. The molecule has 0 fully saturated rings. The Morgan fingerprint density at radius 1 is 0.667 bits per heavy atom. The fraction of sp³-hybridized carbons (Fsp3) is 0.933. The van der Waals surface area contributed by atoms with E-state index in [-0.39, 0.29) is 0 Å². The van der Waals surface area contributed by atoms with Gasteiger partial charge >= 0.3 is 5.97 Å². The van der Waals surface area contributed by atoms with Crippen molar-refractivity contribution in [2.24, 2.45) is 0 Å². The van der Waals surface area contributed by atoms with Gasteiger partial charge in [-0.05, 0) is 18.6 Å². The van der Waals surface area contributed by atoms with Crippen molar-refractivity contribution in [1.29, 1.82) is 0 Å². The number of carboxylic acids is 1. The first-order chi connectivity index (χ1) is 8.77. The van der Waals surface area contributed by atoms with Crippen LogP contribution in [-0.4, -0.2) is 16.8 Å².